The Kier molecular flexibility index (Phi) is 5.05. The lowest BCUT2D eigenvalue weighted by Gasteiger charge is -2.11. The Hall–Kier alpha value is -2.21. The molecule has 2 rings (SSSR count). The third-order valence-electron chi connectivity index (χ3n) is 2.73. The second-order valence-electron chi connectivity index (χ2n) is 4.31. The van der Waals surface area contributed by atoms with Crippen LogP contribution >= 0.6 is 12.2 Å². The lowest BCUT2D eigenvalue weighted by molar-refractivity contribution is 0.414. The molecule has 3 nitrogen and oxygen atoms in total. The molecule has 0 bridgehead atoms. The van der Waals surface area contributed by atoms with E-state index in [2.05, 4.69) is 10.6 Å². The highest BCUT2D eigenvalue weighted by Gasteiger charge is 2.03. The van der Waals surface area contributed by atoms with Gasteiger partial charge in [0.2, 0.25) is 0 Å². The summed E-state index contributed by atoms with van der Waals surface area (Å²) in [6.07, 6.45) is 0. The second kappa shape index (κ2) is 6.99. The molecule has 0 heterocycles. The predicted octanol–water partition coefficient (Wildman–Crippen LogP) is 3.46. The van der Waals surface area contributed by atoms with Gasteiger partial charge in [0, 0.05) is 18.3 Å². The maximum atomic E-state index is 13.0. The Balaban J connectivity index is 1.89. The van der Waals surface area contributed by atoms with Gasteiger partial charge in [0.15, 0.2) is 5.11 Å². The van der Waals surface area contributed by atoms with Gasteiger partial charge >= 0.3 is 0 Å². The van der Waals surface area contributed by atoms with Crippen molar-refractivity contribution in [2.75, 3.05) is 12.4 Å². The molecule has 0 aliphatic heterocycles. The second-order valence-corrected chi connectivity index (χ2v) is 4.72. The van der Waals surface area contributed by atoms with E-state index in [1.165, 1.54) is 12.1 Å². The Labute approximate surface area is 126 Å². The fraction of sp³-hybridized carbons (Fsp3) is 0.133. The average Bonchev–Trinajstić information content (AvgIpc) is 2.44. The van der Waals surface area contributed by atoms with Crippen molar-refractivity contribution in [2.45, 2.75) is 6.54 Å². The minimum absolute atomic E-state index is 0.264. The molecule has 0 fully saturated rings. The van der Waals surface area contributed by atoms with Gasteiger partial charge in [-0.3, -0.25) is 0 Å². The van der Waals surface area contributed by atoms with E-state index in [0.29, 0.717) is 6.54 Å². The molecule has 0 unspecified atom stereocenters. The summed E-state index contributed by atoms with van der Waals surface area (Å²) in [6.45, 7) is 0.494. The molecule has 110 valence electrons. The lowest BCUT2D eigenvalue weighted by Crippen LogP contribution is -2.27. The van der Waals surface area contributed by atoms with E-state index in [4.69, 9.17) is 17.0 Å². The van der Waals surface area contributed by atoms with Gasteiger partial charge in [0.1, 0.15) is 17.4 Å². The van der Waals surface area contributed by atoms with Gasteiger partial charge in [-0.05, 0) is 42.0 Å². The molecule has 0 aliphatic rings. The number of halogens is 2. The number of anilines is 1. The highest BCUT2D eigenvalue weighted by atomic mass is 32.1. The standard InChI is InChI=1S/C15H14F2N2OS/c1-20-14-4-2-10(3-5-14)9-18-15(21)19-13-7-11(16)6-12(17)8-13/h2-8H,9H2,1H3,(H2,18,19,21). The quantitative estimate of drug-likeness (QED) is 0.848. The predicted molar refractivity (Wildman–Crippen MR) is 82.4 cm³/mol. The number of rotatable bonds is 4. The molecule has 0 amide bonds. The van der Waals surface area contributed by atoms with Crippen molar-refractivity contribution in [1.82, 2.24) is 5.32 Å². The monoisotopic (exact) mass is 308 g/mol. The summed E-state index contributed by atoms with van der Waals surface area (Å²) in [5.74, 6) is -0.541. The zero-order chi connectivity index (χ0) is 15.2. The molecule has 0 aliphatic carbocycles. The molecule has 0 atom stereocenters. The first-order valence-corrected chi connectivity index (χ1v) is 6.61. The number of ether oxygens (including phenoxy) is 1. The molecule has 0 spiro atoms. The topological polar surface area (TPSA) is 33.3 Å². The van der Waals surface area contributed by atoms with Crippen LogP contribution in [0.3, 0.4) is 0 Å². The van der Waals surface area contributed by atoms with Gasteiger partial charge in [-0.2, -0.15) is 0 Å². The SMILES string of the molecule is COc1ccc(CNC(=S)Nc2cc(F)cc(F)c2)cc1. The third-order valence-corrected chi connectivity index (χ3v) is 2.98. The summed E-state index contributed by atoms with van der Waals surface area (Å²) in [5, 5.41) is 5.98. The molecule has 0 radical (unpaired) electrons. The number of methoxy groups -OCH3 is 1. The van der Waals surface area contributed by atoms with Gasteiger partial charge in [0.25, 0.3) is 0 Å². The number of benzene rings is 2. The van der Waals surface area contributed by atoms with E-state index in [9.17, 15) is 8.78 Å². The van der Waals surface area contributed by atoms with Crippen LogP contribution in [0.25, 0.3) is 0 Å². The zero-order valence-corrected chi connectivity index (χ0v) is 12.1. The minimum atomic E-state index is -0.657. The van der Waals surface area contributed by atoms with E-state index in [1.807, 2.05) is 24.3 Å². The van der Waals surface area contributed by atoms with Crippen molar-refractivity contribution < 1.29 is 13.5 Å². The molecule has 0 saturated carbocycles. The smallest absolute Gasteiger partial charge is 0.171 e. The van der Waals surface area contributed by atoms with Gasteiger partial charge < -0.3 is 15.4 Å². The van der Waals surface area contributed by atoms with Crippen LogP contribution in [0.15, 0.2) is 42.5 Å². The van der Waals surface area contributed by atoms with Crippen LogP contribution in [0.2, 0.25) is 0 Å². The minimum Gasteiger partial charge on any atom is -0.497 e. The molecule has 21 heavy (non-hydrogen) atoms. The Morgan fingerprint density at radius 1 is 1.10 bits per heavy atom. The fourth-order valence-corrected chi connectivity index (χ4v) is 1.92. The van der Waals surface area contributed by atoms with E-state index in [0.717, 1.165) is 17.4 Å². The Morgan fingerprint density at radius 2 is 1.71 bits per heavy atom. The Morgan fingerprint density at radius 3 is 2.29 bits per heavy atom. The van der Waals surface area contributed by atoms with Crippen molar-refractivity contribution in [1.29, 1.82) is 0 Å². The summed E-state index contributed by atoms with van der Waals surface area (Å²) in [7, 11) is 1.60. The van der Waals surface area contributed by atoms with Crippen molar-refractivity contribution >= 4 is 23.0 Å². The van der Waals surface area contributed by atoms with E-state index in [1.54, 1.807) is 7.11 Å². The first kappa shape index (κ1) is 15.2. The highest BCUT2D eigenvalue weighted by Crippen LogP contribution is 2.13. The Bertz CT molecular complexity index is 612. The maximum Gasteiger partial charge on any atom is 0.171 e. The van der Waals surface area contributed by atoms with Crippen molar-refractivity contribution in [3.63, 3.8) is 0 Å². The summed E-state index contributed by atoms with van der Waals surface area (Å²) >= 11 is 5.08. The molecule has 0 aromatic heterocycles. The molecule has 2 aromatic carbocycles. The van der Waals surface area contributed by atoms with Gasteiger partial charge in [0.05, 0.1) is 7.11 Å². The highest BCUT2D eigenvalue weighted by molar-refractivity contribution is 7.80. The molecule has 2 aromatic rings. The lowest BCUT2D eigenvalue weighted by atomic mass is 10.2. The maximum absolute atomic E-state index is 13.0. The van der Waals surface area contributed by atoms with Crippen molar-refractivity contribution in [3.8, 4) is 5.75 Å². The zero-order valence-electron chi connectivity index (χ0n) is 11.3. The van der Waals surface area contributed by atoms with Crippen molar-refractivity contribution in [3.05, 3.63) is 59.7 Å². The van der Waals surface area contributed by atoms with Crippen LogP contribution in [0.5, 0.6) is 5.75 Å². The van der Waals surface area contributed by atoms with Gasteiger partial charge in [-0.25, -0.2) is 8.78 Å². The number of hydrogen-bond acceptors (Lipinski definition) is 2. The van der Waals surface area contributed by atoms with Crippen LogP contribution in [-0.2, 0) is 6.54 Å². The number of hydrogen-bond donors (Lipinski definition) is 2. The molecular formula is C15H14F2N2OS. The van der Waals surface area contributed by atoms with Crippen LogP contribution in [0.4, 0.5) is 14.5 Å². The van der Waals surface area contributed by atoms with Crippen LogP contribution in [-0.4, -0.2) is 12.2 Å². The molecule has 6 heteroatoms. The van der Waals surface area contributed by atoms with E-state index >= 15 is 0 Å². The molecule has 0 saturated heterocycles. The average molecular weight is 308 g/mol. The van der Waals surface area contributed by atoms with E-state index < -0.39 is 11.6 Å². The molecule has 2 N–H and O–H groups in total. The number of thiocarbonyl (C=S) groups is 1. The van der Waals surface area contributed by atoms with Crippen LogP contribution < -0.4 is 15.4 Å². The first-order chi connectivity index (χ1) is 10.1. The third kappa shape index (κ3) is 4.68. The van der Waals surface area contributed by atoms with E-state index in [-0.39, 0.29) is 10.8 Å². The van der Waals surface area contributed by atoms with Gasteiger partial charge in [-0.15, -0.1) is 0 Å². The summed E-state index contributed by atoms with van der Waals surface area (Å²) in [6, 6.07) is 10.6. The molecular weight excluding hydrogens is 294 g/mol. The van der Waals surface area contributed by atoms with Crippen molar-refractivity contribution in [2.24, 2.45) is 0 Å². The van der Waals surface area contributed by atoms with Crippen LogP contribution in [0, 0.1) is 11.6 Å². The summed E-state index contributed by atoms with van der Waals surface area (Å²) < 4.78 is 31.2. The summed E-state index contributed by atoms with van der Waals surface area (Å²) in [4.78, 5) is 0. The largest absolute Gasteiger partial charge is 0.497 e. The first-order valence-electron chi connectivity index (χ1n) is 6.20. The van der Waals surface area contributed by atoms with Crippen LogP contribution in [0.1, 0.15) is 5.56 Å². The number of nitrogens with one attached hydrogen (secondary N) is 2. The fourth-order valence-electron chi connectivity index (χ4n) is 1.73. The summed E-state index contributed by atoms with van der Waals surface area (Å²) in [5.41, 5.74) is 1.27. The van der Waals surface area contributed by atoms with Gasteiger partial charge in [-0.1, -0.05) is 12.1 Å². The normalized spacial score (nSPS) is 10.0.